The van der Waals surface area contributed by atoms with Crippen molar-refractivity contribution >= 4 is 11.9 Å². The van der Waals surface area contributed by atoms with Gasteiger partial charge in [0.05, 0.1) is 24.4 Å². The Labute approximate surface area is 276 Å². The summed E-state index contributed by atoms with van der Waals surface area (Å²) in [6.45, 7) is 10.6. The molecule has 0 aromatic heterocycles. The van der Waals surface area contributed by atoms with Crippen LogP contribution in [0.5, 0.6) is 0 Å². The third kappa shape index (κ3) is 10.4. The normalized spacial score (nSPS) is 27.2. The molecule has 0 bridgehead atoms. The van der Waals surface area contributed by atoms with Crippen molar-refractivity contribution < 1.29 is 37.3 Å². The van der Waals surface area contributed by atoms with Crippen LogP contribution in [0.25, 0.3) is 0 Å². The van der Waals surface area contributed by atoms with E-state index in [0.29, 0.717) is 12.8 Å². The monoisotopic (exact) mass is 655 g/mol. The Morgan fingerprint density at radius 2 is 1.87 bits per heavy atom. The van der Waals surface area contributed by atoms with Gasteiger partial charge < -0.3 is 19.9 Å². The van der Waals surface area contributed by atoms with Crippen LogP contribution in [-0.2, 0) is 24.5 Å². The lowest BCUT2D eigenvalue weighted by Gasteiger charge is -2.41. The molecule has 0 radical (unpaired) electrons. The van der Waals surface area contributed by atoms with Crippen molar-refractivity contribution in [1.82, 2.24) is 5.32 Å². The van der Waals surface area contributed by atoms with Crippen LogP contribution in [-0.4, -0.2) is 53.6 Å². The molecule has 47 heavy (non-hydrogen) atoms. The third-order valence-electron chi connectivity index (χ3n) is 8.74. The molecule has 6 nitrogen and oxygen atoms in total. The number of alkyl halides is 3. The average Bonchev–Trinajstić information content (AvgIpc) is 3.01. The first kappa shape index (κ1) is 37.8. The van der Waals surface area contributed by atoms with Gasteiger partial charge in [-0.05, 0) is 51.7 Å². The van der Waals surface area contributed by atoms with Gasteiger partial charge in [0.15, 0.2) is 5.41 Å². The summed E-state index contributed by atoms with van der Waals surface area (Å²) in [5.74, 6) is -1.60. The van der Waals surface area contributed by atoms with E-state index in [9.17, 15) is 27.9 Å². The molecule has 1 aromatic carbocycles. The molecule has 1 saturated heterocycles. The second-order valence-corrected chi connectivity index (χ2v) is 12.8. The highest BCUT2D eigenvalue weighted by molar-refractivity contribution is 5.89. The van der Waals surface area contributed by atoms with Gasteiger partial charge in [-0.15, -0.1) is 0 Å². The maximum Gasteiger partial charge on any atom is 0.406 e. The van der Waals surface area contributed by atoms with Crippen LogP contribution in [0.15, 0.2) is 102 Å². The Hall–Kier alpha value is -3.69. The summed E-state index contributed by atoms with van der Waals surface area (Å²) in [5.41, 5.74) is -0.929. The van der Waals surface area contributed by atoms with Crippen LogP contribution in [0.1, 0.15) is 66.4 Å². The van der Waals surface area contributed by atoms with Gasteiger partial charge in [0, 0.05) is 24.8 Å². The molecule has 256 valence electrons. The molecule has 2 aliphatic heterocycles. The first-order chi connectivity index (χ1) is 22.1. The molecule has 0 spiro atoms. The molecule has 3 rings (SSSR count). The maximum atomic E-state index is 14.5. The summed E-state index contributed by atoms with van der Waals surface area (Å²) in [6.07, 6.45) is 12.3. The Bertz CT molecular complexity index is 1390. The van der Waals surface area contributed by atoms with Crippen LogP contribution < -0.4 is 5.32 Å². The van der Waals surface area contributed by atoms with E-state index in [1.54, 1.807) is 36.4 Å². The van der Waals surface area contributed by atoms with Crippen molar-refractivity contribution in [2.75, 3.05) is 0 Å². The van der Waals surface area contributed by atoms with Crippen LogP contribution in [0.2, 0.25) is 0 Å². The lowest BCUT2D eigenvalue weighted by molar-refractivity contribution is -0.192. The number of carbonyl (C=O) groups excluding carboxylic acids is 2. The maximum absolute atomic E-state index is 14.5. The first-order valence-corrected chi connectivity index (χ1v) is 16.1. The van der Waals surface area contributed by atoms with Gasteiger partial charge in [-0.25, -0.2) is 4.79 Å². The number of hydrogen-bond donors (Lipinski definition) is 2. The molecule has 0 aliphatic carbocycles. The van der Waals surface area contributed by atoms with E-state index in [1.807, 2.05) is 45.9 Å². The zero-order valence-corrected chi connectivity index (χ0v) is 28.0. The number of carbonyl (C=O) groups is 2. The Kier molecular flexibility index (Phi) is 13.6. The van der Waals surface area contributed by atoms with E-state index >= 15 is 0 Å². The minimum absolute atomic E-state index is 0.145. The quantitative estimate of drug-likeness (QED) is 0.138. The SMILES string of the molecule is C/C=C/[C@@H]1O[C@H]([C@H](/C=C/C=C(\C)C[C@@H](C)/C=C(C)\C=C\[C@H]2CC=CC(=O)O2)NC(=O)[C@@](C)(c2ccccc2)C(F)(F)F)C[C@@H](O)[C@@H]1C. The summed E-state index contributed by atoms with van der Waals surface area (Å²) in [7, 11) is 0. The van der Waals surface area contributed by atoms with Crippen LogP contribution in [0.3, 0.4) is 0 Å². The van der Waals surface area contributed by atoms with Gasteiger partial charge in [-0.2, -0.15) is 13.2 Å². The summed E-state index contributed by atoms with van der Waals surface area (Å²) in [4.78, 5) is 25.0. The number of esters is 1. The fourth-order valence-electron chi connectivity index (χ4n) is 5.84. The van der Waals surface area contributed by atoms with Crippen LogP contribution in [0.4, 0.5) is 13.2 Å². The molecule has 0 saturated carbocycles. The highest BCUT2D eigenvalue weighted by Gasteiger charge is 2.58. The van der Waals surface area contributed by atoms with E-state index in [1.165, 1.54) is 30.3 Å². The number of aliphatic hydroxyl groups is 1. The minimum Gasteiger partial charge on any atom is -0.455 e. The molecule has 2 N–H and O–H groups in total. The topological polar surface area (TPSA) is 84.9 Å². The number of rotatable bonds is 12. The number of amides is 1. The van der Waals surface area contributed by atoms with Crippen molar-refractivity contribution in [1.29, 1.82) is 0 Å². The number of hydrogen-bond acceptors (Lipinski definition) is 5. The Morgan fingerprint density at radius 1 is 1.17 bits per heavy atom. The number of ether oxygens (including phenoxy) is 2. The number of allylic oxidation sites excluding steroid dienone is 7. The molecule has 1 fully saturated rings. The van der Waals surface area contributed by atoms with Crippen molar-refractivity contribution in [3.63, 3.8) is 0 Å². The summed E-state index contributed by atoms with van der Waals surface area (Å²) in [6, 6.07) is 6.19. The van der Waals surface area contributed by atoms with E-state index in [4.69, 9.17) is 9.47 Å². The van der Waals surface area contributed by atoms with Gasteiger partial charge >= 0.3 is 12.1 Å². The van der Waals surface area contributed by atoms with Gasteiger partial charge in [-0.1, -0.05) is 104 Å². The van der Waals surface area contributed by atoms with E-state index in [2.05, 4.69) is 18.3 Å². The summed E-state index contributed by atoms with van der Waals surface area (Å²) in [5, 5.41) is 13.5. The number of cyclic esters (lactones) is 1. The largest absolute Gasteiger partial charge is 0.455 e. The number of nitrogens with one attached hydrogen (secondary N) is 1. The number of halogens is 3. The van der Waals surface area contributed by atoms with Crippen molar-refractivity contribution in [2.45, 2.75) is 103 Å². The van der Waals surface area contributed by atoms with Gasteiger partial charge in [-0.3, -0.25) is 4.79 Å². The molecular formula is C38H48F3NO5. The van der Waals surface area contributed by atoms with Crippen molar-refractivity contribution in [2.24, 2.45) is 11.8 Å². The molecule has 1 amide bonds. The summed E-state index contributed by atoms with van der Waals surface area (Å²) < 4.78 is 55.1. The van der Waals surface area contributed by atoms with E-state index in [-0.39, 0.29) is 35.9 Å². The van der Waals surface area contributed by atoms with Crippen LogP contribution in [0, 0.1) is 11.8 Å². The smallest absolute Gasteiger partial charge is 0.406 e. The fourth-order valence-corrected chi connectivity index (χ4v) is 5.84. The predicted molar refractivity (Wildman–Crippen MR) is 178 cm³/mol. The third-order valence-corrected chi connectivity index (χ3v) is 8.74. The number of aliphatic hydroxyl groups excluding tert-OH is 1. The molecular weight excluding hydrogens is 607 g/mol. The molecule has 2 aliphatic rings. The number of benzene rings is 1. The first-order valence-electron chi connectivity index (χ1n) is 16.1. The molecule has 8 atom stereocenters. The standard InChI is InChI=1S/C38H48F3NO5/c1-7-13-33-28(5)32(43)24-34(47-33)31(42-36(45)37(6,38(39,40)41)29-15-9-8-10-16-29)18-11-14-25(2)22-27(4)23-26(3)20-21-30-17-12-19-35(44)46-30/h7-16,18-21,23,27-28,30-34,43H,17,22,24H2,1-6H3,(H,42,45)/b13-7+,18-11+,21-20+,25-14+,26-23-/t27-,28+,30-,31+,32-,33+,34+,37-/m1/s1. The lowest BCUT2D eigenvalue weighted by atomic mass is 9.80. The second-order valence-electron chi connectivity index (χ2n) is 12.8. The molecule has 0 unspecified atom stereocenters. The van der Waals surface area contributed by atoms with Gasteiger partial charge in [0.25, 0.3) is 0 Å². The van der Waals surface area contributed by atoms with Gasteiger partial charge in [0.2, 0.25) is 5.91 Å². The van der Waals surface area contributed by atoms with Crippen molar-refractivity contribution in [3.05, 3.63) is 108 Å². The zero-order chi connectivity index (χ0) is 34.8. The Balaban J connectivity index is 1.81. The lowest BCUT2D eigenvalue weighted by Crippen LogP contribution is -2.58. The zero-order valence-electron chi connectivity index (χ0n) is 28.0. The second kappa shape index (κ2) is 16.9. The fraction of sp³-hybridized carbons (Fsp3) is 0.474. The minimum atomic E-state index is -4.87. The van der Waals surface area contributed by atoms with Gasteiger partial charge in [0.1, 0.15) is 6.10 Å². The van der Waals surface area contributed by atoms with Crippen molar-refractivity contribution in [3.8, 4) is 0 Å². The van der Waals surface area contributed by atoms with Crippen LogP contribution >= 0.6 is 0 Å². The van der Waals surface area contributed by atoms with E-state index in [0.717, 1.165) is 18.1 Å². The predicted octanol–water partition coefficient (Wildman–Crippen LogP) is 7.62. The summed E-state index contributed by atoms with van der Waals surface area (Å²) >= 11 is 0. The molecule has 2 heterocycles. The average molecular weight is 656 g/mol. The highest BCUT2D eigenvalue weighted by Crippen LogP contribution is 2.41. The molecule has 1 aromatic rings. The van der Waals surface area contributed by atoms with E-state index < -0.39 is 41.9 Å². The highest BCUT2D eigenvalue weighted by atomic mass is 19.4. The Morgan fingerprint density at radius 3 is 2.51 bits per heavy atom. The molecule has 9 heteroatoms.